The van der Waals surface area contributed by atoms with Gasteiger partial charge in [-0.3, -0.25) is 0 Å². The molecule has 134 valence electrons. The summed E-state index contributed by atoms with van der Waals surface area (Å²) in [4.78, 5) is 4.44. The van der Waals surface area contributed by atoms with Gasteiger partial charge in [0.25, 0.3) is 0 Å². The van der Waals surface area contributed by atoms with Crippen LogP contribution in [0, 0.1) is 0 Å². The third-order valence-corrected chi connectivity index (χ3v) is 3.70. The minimum absolute atomic E-state index is 0.143. The predicted octanol–water partition coefficient (Wildman–Crippen LogP) is 4.49. The Bertz CT molecular complexity index is 717. The molecule has 0 spiro atoms. The third kappa shape index (κ3) is 6.98. The van der Waals surface area contributed by atoms with Crippen molar-refractivity contribution in [2.45, 2.75) is 52.9 Å². The second-order valence-corrected chi connectivity index (χ2v) is 7.10. The predicted molar refractivity (Wildman–Crippen MR) is 106 cm³/mol. The highest BCUT2D eigenvalue weighted by molar-refractivity contribution is 5.92. The largest absolute Gasteiger partial charge is 0.371 e. The molecule has 0 atom stereocenters. The van der Waals surface area contributed by atoms with Crippen molar-refractivity contribution in [1.29, 1.82) is 0 Å². The standard InChI is InChI=1S/C21H29N3O/c1-5-16-8-7-11-19(13-16)24-20(22)23-14-17-9-6-10-18(12-17)15-25-21(2,3)4/h6-13H,5,14-15H2,1-4H3,(H3,22,23,24). The normalized spacial score (nSPS) is 12.2. The second-order valence-electron chi connectivity index (χ2n) is 7.10. The van der Waals surface area contributed by atoms with Gasteiger partial charge in [-0.25, -0.2) is 4.99 Å². The SMILES string of the molecule is CCc1cccc(NC(N)=NCc2cccc(COC(C)(C)C)c2)c1. The lowest BCUT2D eigenvalue weighted by Crippen LogP contribution is -2.22. The third-order valence-electron chi connectivity index (χ3n) is 3.70. The number of hydrogen-bond donors (Lipinski definition) is 2. The lowest BCUT2D eigenvalue weighted by atomic mass is 10.1. The Morgan fingerprint density at radius 2 is 1.72 bits per heavy atom. The van der Waals surface area contributed by atoms with E-state index in [1.807, 2.05) is 18.2 Å². The van der Waals surface area contributed by atoms with E-state index in [1.165, 1.54) is 5.56 Å². The van der Waals surface area contributed by atoms with Crippen molar-refractivity contribution in [2.24, 2.45) is 10.7 Å². The lowest BCUT2D eigenvalue weighted by molar-refractivity contribution is -0.0149. The number of ether oxygens (including phenoxy) is 1. The molecule has 0 aliphatic carbocycles. The van der Waals surface area contributed by atoms with E-state index in [9.17, 15) is 0 Å². The summed E-state index contributed by atoms with van der Waals surface area (Å²) in [5.41, 5.74) is 10.4. The van der Waals surface area contributed by atoms with E-state index in [4.69, 9.17) is 10.5 Å². The summed E-state index contributed by atoms with van der Waals surface area (Å²) in [5.74, 6) is 0.421. The van der Waals surface area contributed by atoms with Gasteiger partial charge in [-0.05, 0) is 56.0 Å². The van der Waals surface area contributed by atoms with Gasteiger partial charge in [0.05, 0.1) is 18.8 Å². The Kier molecular flexibility index (Phi) is 6.59. The average Bonchev–Trinajstić information content (AvgIpc) is 2.58. The summed E-state index contributed by atoms with van der Waals surface area (Å²) >= 11 is 0. The molecule has 2 rings (SSSR count). The summed E-state index contributed by atoms with van der Waals surface area (Å²) in [6.45, 7) is 9.43. The average molecular weight is 339 g/mol. The second kappa shape index (κ2) is 8.67. The summed E-state index contributed by atoms with van der Waals surface area (Å²) in [6.07, 6.45) is 0.996. The van der Waals surface area contributed by atoms with Gasteiger partial charge < -0.3 is 15.8 Å². The van der Waals surface area contributed by atoms with Crippen LogP contribution in [0.5, 0.6) is 0 Å². The Morgan fingerprint density at radius 3 is 2.44 bits per heavy atom. The van der Waals surface area contributed by atoms with Gasteiger partial charge in [-0.2, -0.15) is 0 Å². The molecule has 0 bridgehead atoms. The van der Waals surface area contributed by atoms with Crippen molar-refractivity contribution >= 4 is 11.6 Å². The van der Waals surface area contributed by atoms with Crippen molar-refractivity contribution < 1.29 is 4.74 Å². The number of nitrogens with two attached hydrogens (primary N) is 1. The van der Waals surface area contributed by atoms with E-state index in [0.717, 1.165) is 23.2 Å². The first-order valence-corrected chi connectivity index (χ1v) is 8.73. The van der Waals surface area contributed by atoms with Crippen molar-refractivity contribution in [2.75, 3.05) is 5.32 Å². The molecule has 0 heterocycles. The number of nitrogens with zero attached hydrogens (tertiary/aromatic N) is 1. The van der Waals surface area contributed by atoms with E-state index in [0.29, 0.717) is 19.1 Å². The number of anilines is 1. The van der Waals surface area contributed by atoms with Crippen molar-refractivity contribution in [3.05, 3.63) is 65.2 Å². The maximum absolute atomic E-state index is 6.01. The van der Waals surface area contributed by atoms with Gasteiger partial charge in [0.2, 0.25) is 0 Å². The zero-order chi connectivity index (χ0) is 18.3. The van der Waals surface area contributed by atoms with Gasteiger partial charge in [-0.15, -0.1) is 0 Å². The van der Waals surface area contributed by atoms with E-state index < -0.39 is 0 Å². The van der Waals surface area contributed by atoms with Crippen molar-refractivity contribution in [1.82, 2.24) is 0 Å². The van der Waals surface area contributed by atoms with Crippen LogP contribution in [0.2, 0.25) is 0 Å². The van der Waals surface area contributed by atoms with Crippen LogP contribution in [0.15, 0.2) is 53.5 Å². The van der Waals surface area contributed by atoms with E-state index in [2.05, 4.69) is 68.3 Å². The Labute approximate surface area is 151 Å². The van der Waals surface area contributed by atoms with Gasteiger partial charge >= 0.3 is 0 Å². The van der Waals surface area contributed by atoms with Crippen LogP contribution < -0.4 is 11.1 Å². The number of aryl methyl sites for hydroxylation is 1. The summed E-state index contributed by atoms with van der Waals surface area (Å²) in [5, 5.41) is 3.15. The number of aliphatic imine (C=N–C) groups is 1. The van der Waals surface area contributed by atoms with Crippen LogP contribution in [0.3, 0.4) is 0 Å². The first-order chi connectivity index (χ1) is 11.9. The maximum Gasteiger partial charge on any atom is 0.193 e. The fourth-order valence-corrected chi connectivity index (χ4v) is 2.35. The highest BCUT2D eigenvalue weighted by Crippen LogP contribution is 2.14. The van der Waals surface area contributed by atoms with Gasteiger partial charge in [0, 0.05) is 5.69 Å². The first kappa shape index (κ1) is 19.0. The van der Waals surface area contributed by atoms with E-state index in [1.54, 1.807) is 0 Å². The van der Waals surface area contributed by atoms with Gasteiger partial charge in [0.15, 0.2) is 5.96 Å². The number of hydrogen-bond acceptors (Lipinski definition) is 2. The number of nitrogens with one attached hydrogen (secondary N) is 1. The highest BCUT2D eigenvalue weighted by atomic mass is 16.5. The van der Waals surface area contributed by atoms with Crippen molar-refractivity contribution in [3.63, 3.8) is 0 Å². The zero-order valence-electron chi connectivity index (χ0n) is 15.7. The van der Waals surface area contributed by atoms with Crippen LogP contribution in [0.4, 0.5) is 5.69 Å². The van der Waals surface area contributed by atoms with Crippen LogP contribution in [-0.4, -0.2) is 11.6 Å². The summed E-state index contributed by atoms with van der Waals surface area (Å²) in [7, 11) is 0. The molecule has 3 N–H and O–H groups in total. The van der Waals surface area contributed by atoms with E-state index in [-0.39, 0.29) is 5.60 Å². The van der Waals surface area contributed by atoms with Crippen LogP contribution in [0.25, 0.3) is 0 Å². The molecule has 0 saturated heterocycles. The quantitative estimate of drug-likeness (QED) is 0.602. The van der Waals surface area contributed by atoms with Crippen LogP contribution in [0.1, 0.15) is 44.4 Å². The van der Waals surface area contributed by atoms with E-state index >= 15 is 0 Å². The molecule has 0 radical (unpaired) electrons. The molecule has 2 aromatic rings. The lowest BCUT2D eigenvalue weighted by Gasteiger charge is -2.19. The fraction of sp³-hybridized carbons (Fsp3) is 0.381. The molecule has 0 amide bonds. The number of guanidine groups is 1. The molecule has 0 aliphatic rings. The Hall–Kier alpha value is -2.33. The van der Waals surface area contributed by atoms with Crippen LogP contribution in [-0.2, 0) is 24.3 Å². The highest BCUT2D eigenvalue weighted by Gasteiger charge is 2.10. The number of rotatable bonds is 6. The van der Waals surface area contributed by atoms with Gasteiger partial charge in [-0.1, -0.05) is 43.3 Å². The number of benzene rings is 2. The summed E-state index contributed by atoms with van der Waals surface area (Å²) in [6, 6.07) is 16.5. The minimum Gasteiger partial charge on any atom is -0.371 e. The molecule has 0 fully saturated rings. The molecule has 2 aromatic carbocycles. The molecule has 0 aliphatic heterocycles. The molecular weight excluding hydrogens is 310 g/mol. The molecular formula is C21H29N3O. The maximum atomic E-state index is 6.01. The molecule has 4 heteroatoms. The monoisotopic (exact) mass is 339 g/mol. The molecule has 25 heavy (non-hydrogen) atoms. The molecule has 0 aromatic heterocycles. The zero-order valence-corrected chi connectivity index (χ0v) is 15.7. The summed E-state index contributed by atoms with van der Waals surface area (Å²) < 4.78 is 5.82. The molecule has 0 saturated carbocycles. The van der Waals surface area contributed by atoms with Gasteiger partial charge in [0.1, 0.15) is 0 Å². The molecule has 4 nitrogen and oxygen atoms in total. The van der Waals surface area contributed by atoms with Crippen molar-refractivity contribution in [3.8, 4) is 0 Å². The Balaban J connectivity index is 1.95. The smallest absolute Gasteiger partial charge is 0.193 e. The fourth-order valence-electron chi connectivity index (χ4n) is 2.35. The molecule has 0 unspecified atom stereocenters. The van der Waals surface area contributed by atoms with Crippen LogP contribution >= 0.6 is 0 Å². The topological polar surface area (TPSA) is 59.6 Å². The Morgan fingerprint density at radius 1 is 1.04 bits per heavy atom. The minimum atomic E-state index is -0.143. The first-order valence-electron chi connectivity index (χ1n) is 8.73.